The van der Waals surface area contributed by atoms with E-state index >= 15 is 0 Å². The highest BCUT2D eigenvalue weighted by molar-refractivity contribution is 5.97. The van der Waals surface area contributed by atoms with E-state index in [0.29, 0.717) is 30.4 Å². The maximum absolute atomic E-state index is 12.3. The number of methoxy groups -OCH3 is 1. The molecular formula is C15H26N4O2. The number of ether oxygens (including phenoxy) is 1. The summed E-state index contributed by atoms with van der Waals surface area (Å²) in [5.74, 6) is 0.711. The monoisotopic (exact) mass is 294 g/mol. The molecule has 1 heterocycles. The van der Waals surface area contributed by atoms with Crippen molar-refractivity contribution in [2.45, 2.75) is 39.5 Å². The fourth-order valence-corrected chi connectivity index (χ4v) is 1.82. The summed E-state index contributed by atoms with van der Waals surface area (Å²) < 4.78 is 4.98. The van der Waals surface area contributed by atoms with Gasteiger partial charge in [0.25, 0.3) is 5.91 Å². The van der Waals surface area contributed by atoms with Gasteiger partial charge in [-0.05, 0) is 19.8 Å². The molecule has 118 valence electrons. The van der Waals surface area contributed by atoms with Crippen molar-refractivity contribution in [3.05, 3.63) is 17.7 Å². The molecule has 6 nitrogen and oxygen atoms in total. The van der Waals surface area contributed by atoms with Crippen LogP contribution in [0.2, 0.25) is 0 Å². The van der Waals surface area contributed by atoms with Crippen LogP contribution >= 0.6 is 0 Å². The van der Waals surface area contributed by atoms with E-state index in [1.807, 2.05) is 20.8 Å². The predicted molar refractivity (Wildman–Crippen MR) is 83.7 cm³/mol. The molecule has 0 unspecified atom stereocenters. The average Bonchev–Trinajstić information content (AvgIpc) is 2.47. The maximum atomic E-state index is 12.3. The lowest BCUT2D eigenvalue weighted by Gasteiger charge is -2.12. The van der Waals surface area contributed by atoms with E-state index in [2.05, 4.69) is 20.6 Å². The van der Waals surface area contributed by atoms with Gasteiger partial charge in [-0.1, -0.05) is 13.8 Å². The zero-order valence-corrected chi connectivity index (χ0v) is 13.4. The van der Waals surface area contributed by atoms with Crippen molar-refractivity contribution in [1.29, 1.82) is 0 Å². The van der Waals surface area contributed by atoms with Crippen molar-refractivity contribution in [2.75, 3.05) is 32.1 Å². The molecule has 0 aliphatic rings. The quantitative estimate of drug-likeness (QED) is 0.683. The summed E-state index contributed by atoms with van der Waals surface area (Å²) >= 11 is 0. The Labute approximate surface area is 126 Å². The summed E-state index contributed by atoms with van der Waals surface area (Å²) in [5, 5.41) is 6.03. The van der Waals surface area contributed by atoms with Crippen molar-refractivity contribution in [3.8, 4) is 0 Å². The Morgan fingerprint density at radius 3 is 2.76 bits per heavy atom. The third-order valence-corrected chi connectivity index (χ3v) is 2.97. The zero-order chi connectivity index (χ0) is 15.7. The summed E-state index contributed by atoms with van der Waals surface area (Å²) in [4.78, 5) is 21.0. The third kappa shape index (κ3) is 5.67. The maximum Gasteiger partial charge on any atom is 0.272 e. The van der Waals surface area contributed by atoms with Crippen molar-refractivity contribution in [1.82, 2.24) is 15.3 Å². The summed E-state index contributed by atoms with van der Waals surface area (Å²) in [5.41, 5.74) is 1.10. The topological polar surface area (TPSA) is 76.1 Å². The van der Waals surface area contributed by atoms with Crippen LogP contribution in [0.25, 0.3) is 0 Å². The van der Waals surface area contributed by atoms with Gasteiger partial charge >= 0.3 is 0 Å². The van der Waals surface area contributed by atoms with Crippen LogP contribution in [0.4, 0.5) is 5.69 Å². The Balaban J connectivity index is 2.72. The molecule has 0 atom stereocenters. The minimum Gasteiger partial charge on any atom is -0.385 e. The number of hydrogen-bond acceptors (Lipinski definition) is 5. The molecule has 0 saturated heterocycles. The molecule has 0 aliphatic heterocycles. The molecule has 0 bridgehead atoms. The highest BCUT2D eigenvalue weighted by Crippen LogP contribution is 2.16. The number of carbonyl (C=O) groups excluding carboxylic acids is 1. The first kappa shape index (κ1) is 17.4. The molecule has 1 aromatic heterocycles. The third-order valence-electron chi connectivity index (χ3n) is 2.97. The van der Waals surface area contributed by atoms with Crippen LogP contribution in [-0.2, 0) is 4.74 Å². The van der Waals surface area contributed by atoms with E-state index < -0.39 is 0 Å². The van der Waals surface area contributed by atoms with Crippen molar-refractivity contribution < 1.29 is 9.53 Å². The molecule has 21 heavy (non-hydrogen) atoms. The molecule has 1 amide bonds. The first-order valence-corrected chi connectivity index (χ1v) is 7.48. The zero-order valence-electron chi connectivity index (χ0n) is 13.4. The smallest absolute Gasteiger partial charge is 0.272 e. The highest BCUT2D eigenvalue weighted by Gasteiger charge is 2.15. The molecule has 0 aliphatic carbocycles. The Morgan fingerprint density at radius 1 is 1.38 bits per heavy atom. The van der Waals surface area contributed by atoms with E-state index in [-0.39, 0.29) is 11.8 Å². The lowest BCUT2D eigenvalue weighted by atomic mass is 10.2. The van der Waals surface area contributed by atoms with Gasteiger partial charge in [-0.2, -0.15) is 0 Å². The van der Waals surface area contributed by atoms with E-state index in [9.17, 15) is 4.79 Å². The van der Waals surface area contributed by atoms with E-state index in [1.54, 1.807) is 13.3 Å². The van der Waals surface area contributed by atoms with Gasteiger partial charge in [0.1, 0.15) is 5.82 Å². The molecule has 0 fully saturated rings. The van der Waals surface area contributed by atoms with Crippen molar-refractivity contribution in [2.24, 2.45) is 0 Å². The fourth-order valence-electron chi connectivity index (χ4n) is 1.82. The predicted octanol–water partition coefficient (Wildman–Crippen LogP) is 2.19. The normalized spacial score (nSPS) is 10.7. The number of amides is 1. The van der Waals surface area contributed by atoms with Gasteiger partial charge < -0.3 is 15.4 Å². The lowest BCUT2D eigenvalue weighted by molar-refractivity contribution is 0.0947. The van der Waals surface area contributed by atoms with Gasteiger partial charge in [0.2, 0.25) is 0 Å². The van der Waals surface area contributed by atoms with Crippen LogP contribution in [0.1, 0.15) is 55.8 Å². The number of hydrogen-bond donors (Lipinski definition) is 2. The van der Waals surface area contributed by atoms with Crippen LogP contribution in [0, 0.1) is 0 Å². The molecule has 0 aromatic carbocycles. The Morgan fingerprint density at radius 2 is 2.14 bits per heavy atom. The van der Waals surface area contributed by atoms with Crippen LogP contribution < -0.4 is 10.6 Å². The Hall–Kier alpha value is -1.69. The largest absolute Gasteiger partial charge is 0.385 e. The number of aromatic nitrogens is 2. The molecule has 0 radical (unpaired) electrons. The van der Waals surface area contributed by atoms with Crippen LogP contribution in [0.5, 0.6) is 0 Å². The molecule has 1 aromatic rings. The van der Waals surface area contributed by atoms with Crippen molar-refractivity contribution in [3.63, 3.8) is 0 Å². The number of rotatable bonds is 9. The van der Waals surface area contributed by atoms with Gasteiger partial charge in [0.15, 0.2) is 5.69 Å². The van der Waals surface area contributed by atoms with E-state index in [4.69, 9.17) is 4.74 Å². The standard InChI is InChI=1S/C15H26N4O2/c1-5-16-12-10-18-14(11(2)3)19-13(12)15(20)17-8-6-7-9-21-4/h10-11,16H,5-9H2,1-4H3,(H,17,20). The molecule has 2 N–H and O–H groups in total. The van der Waals surface area contributed by atoms with Gasteiger partial charge in [0.05, 0.1) is 11.9 Å². The molecule has 6 heteroatoms. The van der Waals surface area contributed by atoms with Crippen molar-refractivity contribution >= 4 is 11.6 Å². The number of nitrogens with zero attached hydrogens (tertiary/aromatic N) is 2. The fraction of sp³-hybridized carbons (Fsp3) is 0.667. The molecule has 0 saturated carbocycles. The number of unbranched alkanes of at least 4 members (excludes halogenated alkanes) is 1. The number of carbonyl (C=O) groups is 1. The minimum absolute atomic E-state index is 0.160. The minimum atomic E-state index is -0.160. The first-order valence-electron chi connectivity index (χ1n) is 7.48. The first-order chi connectivity index (χ1) is 10.1. The van der Waals surface area contributed by atoms with Crippen LogP contribution in [0.3, 0.4) is 0 Å². The molecular weight excluding hydrogens is 268 g/mol. The summed E-state index contributed by atoms with van der Waals surface area (Å²) in [6.07, 6.45) is 3.50. The number of anilines is 1. The SMILES string of the molecule is CCNc1cnc(C(C)C)nc1C(=O)NCCCCOC. The average molecular weight is 294 g/mol. The summed E-state index contributed by atoms with van der Waals surface area (Å²) in [6.45, 7) is 8.04. The van der Waals surface area contributed by atoms with Gasteiger partial charge in [-0.25, -0.2) is 9.97 Å². The second kappa shape index (κ2) is 9.28. The van der Waals surface area contributed by atoms with Gasteiger partial charge in [-0.15, -0.1) is 0 Å². The Bertz CT molecular complexity index is 449. The molecule has 0 spiro atoms. The van der Waals surface area contributed by atoms with Gasteiger partial charge in [-0.3, -0.25) is 4.79 Å². The highest BCUT2D eigenvalue weighted by atomic mass is 16.5. The second-order valence-corrected chi connectivity index (χ2v) is 5.13. The van der Waals surface area contributed by atoms with Crippen LogP contribution in [0.15, 0.2) is 6.20 Å². The van der Waals surface area contributed by atoms with E-state index in [1.165, 1.54) is 0 Å². The molecule has 1 rings (SSSR count). The number of nitrogens with one attached hydrogen (secondary N) is 2. The Kier molecular flexibility index (Phi) is 7.68. The van der Waals surface area contributed by atoms with E-state index in [0.717, 1.165) is 19.4 Å². The lowest BCUT2D eigenvalue weighted by Crippen LogP contribution is -2.27. The summed E-state index contributed by atoms with van der Waals surface area (Å²) in [7, 11) is 1.68. The second-order valence-electron chi connectivity index (χ2n) is 5.13. The van der Waals surface area contributed by atoms with Crippen LogP contribution in [-0.4, -0.2) is 42.7 Å². The van der Waals surface area contributed by atoms with Gasteiger partial charge in [0, 0.05) is 32.7 Å². The summed E-state index contributed by atoms with van der Waals surface area (Å²) in [6, 6.07) is 0.